The molecule has 2 amide bonds. The van der Waals surface area contributed by atoms with Crippen molar-refractivity contribution in [2.75, 3.05) is 10.6 Å². The van der Waals surface area contributed by atoms with Crippen LogP contribution in [-0.2, 0) is 0 Å². The first-order valence-electron chi connectivity index (χ1n) is 5.84. The number of hydrogen-bond donors (Lipinski definition) is 2. The van der Waals surface area contributed by atoms with Gasteiger partial charge in [-0.05, 0) is 40.2 Å². The highest BCUT2D eigenvalue weighted by Crippen LogP contribution is 2.28. The maximum absolute atomic E-state index is 11.9. The highest BCUT2D eigenvalue weighted by molar-refractivity contribution is 9.10. The Labute approximate surface area is 143 Å². The molecule has 0 heterocycles. The first-order chi connectivity index (χ1) is 10.4. The molecule has 0 spiro atoms. The summed E-state index contributed by atoms with van der Waals surface area (Å²) < 4.78 is 0.394. The Hall–Kier alpha value is -1.83. The van der Waals surface area contributed by atoms with Gasteiger partial charge in [0.15, 0.2) is 0 Å². The number of non-ortho nitro benzene ring substituents is 1. The number of rotatable bonds is 3. The van der Waals surface area contributed by atoms with Gasteiger partial charge in [-0.1, -0.05) is 23.2 Å². The SMILES string of the molecule is O=C(Nc1ccc(Cl)c(Cl)c1)Nc1ccc([N+](=O)[O-])cc1Br. The molecule has 2 rings (SSSR count). The molecular weight excluding hydrogens is 397 g/mol. The normalized spacial score (nSPS) is 10.1. The van der Waals surface area contributed by atoms with Crippen LogP contribution in [0.2, 0.25) is 10.0 Å². The summed E-state index contributed by atoms with van der Waals surface area (Å²) in [5, 5.41) is 16.5. The largest absolute Gasteiger partial charge is 0.323 e. The van der Waals surface area contributed by atoms with Gasteiger partial charge in [-0.25, -0.2) is 4.79 Å². The molecule has 0 aliphatic heterocycles. The fraction of sp³-hybridized carbons (Fsp3) is 0. The van der Waals surface area contributed by atoms with E-state index in [2.05, 4.69) is 26.6 Å². The predicted octanol–water partition coefficient (Wildman–Crippen LogP) is 5.31. The number of nitro groups is 1. The minimum absolute atomic E-state index is 0.0812. The average molecular weight is 405 g/mol. The zero-order chi connectivity index (χ0) is 16.3. The summed E-state index contributed by atoms with van der Waals surface area (Å²) in [5.41, 5.74) is 0.774. The molecule has 0 saturated carbocycles. The van der Waals surface area contributed by atoms with Crippen LogP contribution in [-0.4, -0.2) is 11.0 Å². The van der Waals surface area contributed by atoms with Crippen molar-refractivity contribution in [1.82, 2.24) is 0 Å². The molecule has 6 nitrogen and oxygen atoms in total. The van der Waals surface area contributed by atoms with Crippen LogP contribution in [0.1, 0.15) is 0 Å². The Kier molecular flexibility index (Phi) is 5.23. The molecule has 114 valence electrons. The van der Waals surface area contributed by atoms with E-state index in [1.807, 2.05) is 0 Å². The maximum Gasteiger partial charge on any atom is 0.323 e. The summed E-state index contributed by atoms with van der Waals surface area (Å²) in [7, 11) is 0. The number of nitrogens with one attached hydrogen (secondary N) is 2. The van der Waals surface area contributed by atoms with E-state index >= 15 is 0 Å². The van der Waals surface area contributed by atoms with E-state index < -0.39 is 11.0 Å². The minimum atomic E-state index is -0.523. The molecule has 0 atom stereocenters. The van der Waals surface area contributed by atoms with Crippen LogP contribution < -0.4 is 10.6 Å². The molecule has 0 aromatic heterocycles. The van der Waals surface area contributed by atoms with Crippen molar-refractivity contribution < 1.29 is 9.72 Å². The van der Waals surface area contributed by atoms with Crippen LogP contribution in [0.25, 0.3) is 0 Å². The van der Waals surface area contributed by atoms with E-state index in [-0.39, 0.29) is 5.69 Å². The minimum Gasteiger partial charge on any atom is -0.308 e. The Morgan fingerprint density at radius 1 is 1.09 bits per heavy atom. The van der Waals surface area contributed by atoms with Gasteiger partial charge < -0.3 is 10.6 Å². The number of carbonyl (C=O) groups is 1. The van der Waals surface area contributed by atoms with E-state index in [9.17, 15) is 14.9 Å². The van der Waals surface area contributed by atoms with Gasteiger partial charge in [-0.15, -0.1) is 0 Å². The summed E-state index contributed by atoms with van der Waals surface area (Å²) in [4.78, 5) is 22.0. The number of nitro benzene ring substituents is 1. The molecule has 22 heavy (non-hydrogen) atoms. The molecule has 2 aromatic carbocycles. The fourth-order valence-corrected chi connectivity index (χ4v) is 2.34. The number of nitrogens with zero attached hydrogens (tertiary/aromatic N) is 1. The van der Waals surface area contributed by atoms with Crippen molar-refractivity contribution in [1.29, 1.82) is 0 Å². The summed E-state index contributed by atoms with van der Waals surface area (Å²) in [6, 6.07) is 8.16. The predicted molar refractivity (Wildman–Crippen MR) is 89.9 cm³/mol. The number of benzene rings is 2. The van der Waals surface area contributed by atoms with Gasteiger partial charge in [0.1, 0.15) is 0 Å². The smallest absolute Gasteiger partial charge is 0.308 e. The number of hydrogen-bond acceptors (Lipinski definition) is 3. The van der Waals surface area contributed by atoms with Gasteiger partial charge in [0.05, 0.1) is 20.7 Å². The van der Waals surface area contributed by atoms with Crippen LogP contribution in [0.4, 0.5) is 21.9 Å². The van der Waals surface area contributed by atoms with Gasteiger partial charge in [0, 0.05) is 22.3 Å². The van der Waals surface area contributed by atoms with Crippen molar-refractivity contribution in [3.05, 3.63) is 61.0 Å². The zero-order valence-corrected chi connectivity index (χ0v) is 13.9. The second-order valence-electron chi connectivity index (χ2n) is 4.13. The van der Waals surface area contributed by atoms with Gasteiger partial charge in [-0.3, -0.25) is 10.1 Å². The quantitative estimate of drug-likeness (QED) is 0.537. The third-order valence-corrected chi connectivity index (χ3v) is 3.98. The summed E-state index contributed by atoms with van der Waals surface area (Å²) in [5.74, 6) is 0. The Bertz CT molecular complexity index is 755. The summed E-state index contributed by atoms with van der Waals surface area (Å²) >= 11 is 14.8. The highest BCUT2D eigenvalue weighted by atomic mass is 79.9. The van der Waals surface area contributed by atoms with Crippen LogP contribution in [0.15, 0.2) is 40.9 Å². The lowest BCUT2D eigenvalue weighted by Crippen LogP contribution is -2.19. The van der Waals surface area contributed by atoms with Gasteiger partial charge in [0.25, 0.3) is 5.69 Å². The molecule has 2 N–H and O–H groups in total. The van der Waals surface area contributed by atoms with Crippen LogP contribution in [0, 0.1) is 10.1 Å². The molecule has 0 aliphatic rings. The number of anilines is 2. The lowest BCUT2D eigenvalue weighted by atomic mass is 10.3. The standard InChI is InChI=1S/C13H8BrCl2N3O3/c14-9-6-8(19(21)22)2-4-12(9)18-13(20)17-7-1-3-10(15)11(16)5-7/h1-6H,(H2,17,18,20). The van der Waals surface area contributed by atoms with Gasteiger partial charge in [0.2, 0.25) is 0 Å². The summed E-state index contributed by atoms with van der Waals surface area (Å²) in [6.45, 7) is 0. The average Bonchev–Trinajstić information content (AvgIpc) is 2.45. The Morgan fingerprint density at radius 3 is 2.41 bits per heavy atom. The number of urea groups is 1. The van der Waals surface area contributed by atoms with Crippen LogP contribution >= 0.6 is 39.1 Å². The van der Waals surface area contributed by atoms with E-state index in [0.717, 1.165) is 0 Å². The number of halogens is 3. The zero-order valence-electron chi connectivity index (χ0n) is 10.8. The van der Waals surface area contributed by atoms with E-state index in [1.165, 1.54) is 24.3 Å². The van der Waals surface area contributed by atoms with Crippen molar-refractivity contribution >= 4 is 62.2 Å². The van der Waals surface area contributed by atoms with Crippen molar-refractivity contribution in [2.45, 2.75) is 0 Å². The third kappa shape index (κ3) is 4.09. The molecular formula is C13H8BrCl2N3O3. The van der Waals surface area contributed by atoms with Crippen LogP contribution in [0.3, 0.4) is 0 Å². The first-order valence-corrected chi connectivity index (χ1v) is 7.38. The van der Waals surface area contributed by atoms with E-state index in [0.29, 0.717) is 25.9 Å². The molecule has 0 aliphatic carbocycles. The lowest BCUT2D eigenvalue weighted by molar-refractivity contribution is -0.384. The topological polar surface area (TPSA) is 84.3 Å². The second-order valence-corrected chi connectivity index (χ2v) is 5.80. The monoisotopic (exact) mass is 403 g/mol. The Balaban J connectivity index is 2.08. The first kappa shape index (κ1) is 16.5. The lowest BCUT2D eigenvalue weighted by Gasteiger charge is -2.09. The number of carbonyl (C=O) groups excluding carboxylic acids is 1. The van der Waals surface area contributed by atoms with E-state index in [1.54, 1.807) is 12.1 Å². The molecule has 0 bridgehead atoms. The van der Waals surface area contributed by atoms with Crippen molar-refractivity contribution in [3.63, 3.8) is 0 Å². The molecule has 0 radical (unpaired) electrons. The second kappa shape index (κ2) is 6.95. The molecule has 9 heteroatoms. The van der Waals surface area contributed by atoms with Gasteiger partial charge in [-0.2, -0.15) is 0 Å². The molecule has 0 fully saturated rings. The molecule has 0 unspecified atom stereocenters. The van der Waals surface area contributed by atoms with Crippen molar-refractivity contribution in [2.24, 2.45) is 0 Å². The third-order valence-electron chi connectivity index (χ3n) is 2.59. The van der Waals surface area contributed by atoms with E-state index in [4.69, 9.17) is 23.2 Å². The molecule has 0 saturated heterocycles. The maximum atomic E-state index is 11.9. The number of amides is 2. The van der Waals surface area contributed by atoms with Crippen molar-refractivity contribution in [3.8, 4) is 0 Å². The Morgan fingerprint density at radius 2 is 1.82 bits per heavy atom. The molecule has 2 aromatic rings. The van der Waals surface area contributed by atoms with Gasteiger partial charge >= 0.3 is 6.03 Å². The summed E-state index contributed by atoms with van der Waals surface area (Å²) in [6.07, 6.45) is 0. The highest BCUT2D eigenvalue weighted by Gasteiger charge is 2.11. The van der Waals surface area contributed by atoms with Crippen LogP contribution in [0.5, 0.6) is 0 Å². The fourth-order valence-electron chi connectivity index (χ4n) is 1.58.